The lowest BCUT2D eigenvalue weighted by molar-refractivity contribution is 0.387. The van der Waals surface area contributed by atoms with Gasteiger partial charge in [-0.2, -0.15) is 0 Å². The number of hydrogen-bond acceptors (Lipinski definition) is 4. The van der Waals surface area contributed by atoms with Crippen molar-refractivity contribution < 1.29 is 9.47 Å². The normalized spacial score (nSPS) is 11.6. The number of benzene rings is 1. The van der Waals surface area contributed by atoms with Gasteiger partial charge in [0.25, 0.3) is 0 Å². The van der Waals surface area contributed by atoms with Gasteiger partial charge in [0.15, 0.2) is 0 Å². The standard InChI is InChI=1S/C14H23NO2S.ClH/c1-6-11(15-2)7-10-8-13(17-4)14(18-5)9-12(10)16-3;/h8-9,11,15H,6-7H2,1-5H3;1H. The van der Waals surface area contributed by atoms with E-state index in [1.54, 1.807) is 26.0 Å². The molecule has 1 N–H and O–H groups in total. The monoisotopic (exact) mass is 305 g/mol. The Morgan fingerprint density at radius 3 is 2.26 bits per heavy atom. The Balaban J connectivity index is 0.00000324. The highest BCUT2D eigenvalue weighted by atomic mass is 35.5. The quantitative estimate of drug-likeness (QED) is 0.782. The maximum Gasteiger partial charge on any atom is 0.132 e. The maximum absolute atomic E-state index is 5.48. The van der Waals surface area contributed by atoms with Gasteiger partial charge < -0.3 is 14.8 Å². The zero-order valence-corrected chi connectivity index (χ0v) is 13.9. The molecule has 1 atom stereocenters. The summed E-state index contributed by atoms with van der Waals surface area (Å²) in [6.45, 7) is 2.18. The minimum atomic E-state index is 0. The lowest BCUT2D eigenvalue weighted by Gasteiger charge is -2.18. The van der Waals surface area contributed by atoms with Gasteiger partial charge in [0, 0.05) is 6.04 Å². The molecular formula is C14H24ClNO2S. The molecule has 19 heavy (non-hydrogen) atoms. The number of nitrogens with one attached hydrogen (secondary N) is 1. The molecule has 1 aromatic carbocycles. The molecule has 3 nitrogen and oxygen atoms in total. The highest BCUT2D eigenvalue weighted by molar-refractivity contribution is 7.98. The zero-order chi connectivity index (χ0) is 13.5. The molecule has 0 aliphatic rings. The third-order valence-electron chi connectivity index (χ3n) is 3.15. The van der Waals surface area contributed by atoms with Crippen molar-refractivity contribution in [1.29, 1.82) is 0 Å². The topological polar surface area (TPSA) is 30.5 Å². The number of likely N-dealkylation sites (N-methyl/N-ethyl adjacent to an activating group) is 1. The maximum atomic E-state index is 5.48. The van der Waals surface area contributed by atoms with Crippen LogP contribution in [0.3, 0.4) is 0 Å². The second-order valence-corrected chi connectivity index (χ2v) is 4.97. The van der Waals surface area contributed by atoms with Crippen LogP contribution >= 0.6 is 24.2 Å². The fourth-order valence-corrected chi connectivity index (χ4v) is 2.54. The Hall–Kier alpha value is -0.580. The Morgan fingerprint density at radius 2 is 1.84 bits per heavy atom. The first kappa shape index (κ1) is 18.4. The largest absolute Gasteiger partial charge is 0.496 e. The summed E-state index contributed by atoms with van der Waals surface area (Å²) in [4.78, 5) is 1.11. The van der Waals surface area contributed by atoms with Gasteiger partial charge in [0.05, 0.1) is 19.1 Å². The summed E-state index contributed by atoms with van der Waals surface area (Å²) in [6.07, 6.45) is 4.08. The van der Waals surface area contributed by atoms with Gasteiger partial charge in [-0.25, -0.2) is 0 Å². The van der Waals surface area contributed by atoms with E-state index < -0.39 is 0 Å². The molecule has 0 fully saturated rings. The van der Waals surface area contributed by atoms with Crippen molar-refractivity contribution in [3.8, 4) is 11.5 Å². The summed E-state index contributed by atoms with van der Waals surface area (Å²) in [7, 11) is 5.42. The summed E-state index contributed by atoms with van der Waals surface area (Å²) in [5, 5.41) is 3.32. The van der Waals surface area contributed by atoms with E-state index in [1.165, 1.54) is 5.56 Å². The van der Waals surface area contributed by atoms with E-state index in [4.69, 9.17) is 9.47 Å². The Labute approximate surface area is 126 Å². The summed E-state index contributed by atoms with van der Waals surface area (Å²) < 4.78 is 10.9. The second-order valence-electron chi connectivity index (χ2n) is 4.12. The Bertz CT molecular complexity index is 384. The van der Waals surface area contributed by atoms with Gasteiger partial charge in [-0.3, -0.25) is 0 Å². The second kappa shape index (κ2) is 9.34. The van der Waals surface area contributed by atoms with Crippen molar-refractivity contribution in [2.75, 3.05) is 27.5 Å². The van der Waals surface area contributed by atoms with Crippen LogP contribution in [-0.4, -0.2) is 33.6 Å². The Kier molecular flexibility index (Phi) is 9.06. The van der Waals surface area contributed by atoms with Gasteiger partial charge in [0.1, 0.15) is 11.5 Å². The van der Waals surface area contributed by atoms with Crippen LogP contribution in [0.5, 0.6) is 11.5 Å². The van der Waals surface area contributed by atoms with Crippen LogP contribution in [0.25, 0.3) is 0 Å². The number of hydrogen-bond donors (Lipinski definition) is 1. The summed E-state index contributed by atoms with van der Waals surface area (Å²) in [6, 6.07) is 4.61. The van der Waals surface area contributed by atoms with Gasteiger partial charge in [-0.1, -0.05) is 6.92 Å². The molecule has 0 aliphatic heterocycles. The fraction of sp³-hybridized carbons (Fsp3) is 0.571. The van der Waals surface area contributed by atoms with Crippen LogP contribution in [0, 0.1) is 0 Å². The van der Waals surface area contributed by atoms with Gasteiger partial charge in [-0.15, -0.1) is 24.2 Å². The molecule has 0 saturated heterocycles. The van der Waals surface area contributed by atoms with Crippen LogP contribution in [0.2, 0.25) is 0 Å². The highest BCUT2D eigenvalue weighted by Crippen LogP contribution is 2.35. The molecule has 1 aromatic rings. The average molecular weight is 306 g/mol. The zero-order valence-electron chi connectivity index (χ0n) is 12.3. The van der Waals surface area contributed by atoms with E-state index in [0.29, 0.717) is 6.04 Å². The van der Waals surface area contributed by atoms with E-state index in [9.17, 15) is 0 Å². The van der Waals surface area contributed by atoms with Crippen LogP contribution in [0.1, 0.15) is 18.9 Å². The first-order chi connectivity index (χ1) is 8.69. The molecule has 5 heteroatoms. The van der Waals surface area contributed by atoms with E-state index in [2.05, 4.69) is 24.4 Å². The SMILES string of the molecule is CCC(Cc1cc(OC)c(SC)cc1OC)NC.Cl. The van der Waals surface area contributed by atoms with Gasteiger partial charge in [-0.05, 0) is 43.8 Å². The molecule has 0 spiro atoms. The average Bonchev–Trinajstić information content (AvgIpc) is 2.43. The number of halogens is 1. The predicted octanol–water partition coefficient (Wildman–Crippen LogP) is 3.39. The number of methoxy groups -OCH3 is 2. The molecule has 0 aromatic heterocycles. The summed E-state index contributed by atoms with van der Waals surface area (Å²) >= 11 is 1.67. The van der Waals surface area contributed by atoms with E-state index in [0.717, 1.165) is 29.2 Å². The highest BCUT2D eigenvalue weighted by Gasteiger charge is 2.13. The molecule has 1 unspecified atom stereocenters. The van der Waals surface area contributed by atoms with Crippen molar-refractivity contribution in [2.45, 2.75) is 30.7 Å². The van der Waals surface area contributed by atoms with Crippen molar-refractivity contribution in [3.63, 3.8) is 0 Å². The lowest BCUT2D eigenvalue weighted by atomic mass is 10.0. The molecule has 0 aliphatic carbocycles. The first-order valence-electron chi connectivity index (χ1n) is 6.16. The molecule has 0 radical (unpaired) electrons. The van der Waals surface area contributed by atoms with Crippen LogP contribution < -0.4 is 14.8 Å². The van der Waals surface area contributed by atoms with Crippen molar-refractivity contribution in [3.05, 3.63) is 17.7 Å². The molecular weight excluding hydrogens is 282 g/mol. The number of ether oxygens (including phenoxy) is 2. The third kappa shape index (κ3) is 4.79. The molecule has 0 bridgehead atoms. The van der Waals surface area contributed by atoms with Crippen LogP contribution in [0.15, 0.2) is 17.0 Å². The van der Waals surface area contributed by atoms with Gasteiger partial charge >= 0.3 is 0 Å². The summed E-state index contributed by atoms with van der Waals surface area (Å²) in [5.74, 6) is 1.86. The summed E-state index contributed by atoms with van der Waals surface area (Å²) in [5.41, 5.74) is 1.19. The Morgan fingerprint density at radius 1 is 1.21 bits per heavy atom. The molecule has 1 rings (SSSR count). The van der Waals surface area contributed by atoms with Crippen molar-refractivity contribution >= 4 is 24.2 Å². The number of rotatable bonds is 7. The van der Waals surface area contributed by atoms with Gasteiger partial charge in [0.2, 0.25) is 0 Å². The van der Waals surface area contributed by atoms with E-state index in [1.807, 2.05) is 13.3 Å². The van der Waals surface area contributed by atoms with Crippen LogP contribution in [-0.2, 0) is 6.42 Å². The number of thioether (sulfide) groups is 1. The molecule has 0 amide bonds. The molecule has 110 valence electrons. The third-order valence-corrected chi connectivity index (χ3v) is 3.91. The van der Waals surface area contributed by atoms with E-state index in [-0.39, 0.29) is 12.4 Å². The fourth-order valence-electron chi connectivity index (χ4n) is 1.97. The minimum absolute atomic E-state index is 0. The molecule has 0 saturated carbocycles. The smallest absolute Gasteiger partial charge is 0.132 e. The van der Waals surface area contributed by atoms with Crippen molar-refractivity contribution in [2.24, 2.45) is 0 Å². The van der Waals surface area contributed by atoms with Crippen LogP contribution in [0.4, 0.5) is 0 Å². The predicted molar refractivity (Wildman–Crippen MR) is 85.4 cm³/mol. The van der Waals surface area contributed by atoms with Crippen molar-refractivity contribution in [1.82, 2.24) is 5.32 Å². The minimum Gasteiger partial charge on any atom is -0.496 e. The van der Waals surface area contributed by atoms with E-state index >= 15 is 0 Å². The lowest BCUT2D eigenvalue weighted by Crippen LogP contribution is -2.26. The first-order valence-corrected chi connectivity index (χ1v) is 7.38. The molecule has 0 heterocycles.